The third kappa shape index (κ3) is 5.81. The van der Waals surface area contributed by atoms with E-state index in [4.69, 9.17) is 9.72 Å². The zero-order valence-corrected chi connectivity index (χ0v) is 22.9. The van der Waals surface area contributed by atoms with E-state index in [9.17, 15) is 14.4 Å². The lowest BCUT2D eigenvalue weighted by molar-refractivity contribution is 0.0502. The second-order valence-corrected chi connectivity index (χ2v) is 11.3. The first-order valence-corrected chi connectivity index (χ1v) is 14.6. The maximum Gasteiger partial charge on any atom is 0.348 e. The van der Waals surface area contributed by atoms with Crippen molar-refractivity contribution in [3.63, 3.8) is 0 Å². The highest BCUT2D eigenvalue weighted by Gasteiger charge is 2.24. The molecule has 10 heteroatoms. The van der Waals surface area contributed by atoms with E-state index in [0.29, 0.717) is 39.7 Å². The largest absolute Gasteiger partial charge is 0.461 e. The molecule has 1 aromatic carbocycles. The van der Waals surface area contributed by atoms with Gasteiger partial charge in [-0.2, -0.15) is 0 Å². The fourth-order valence-electron chi connectivity index (χ4n) is 4.85. The van der Waals surface area contributed by atoms with Crippen LogP contribution in [0.5, 0.6) is 0 Å². The van der Waals surface area contributed by atoms with Crippen LogP contribution < -0.4 is 5.32 Å². The second-order valence-electron chi connectivity index (χ2n) is 9.40. The van der Waals surface area contributed by atoms with Gasteiger partial charge >= 0.3 is 5.97 Å². The molecule has 8 nitrogen and oxygen atoms in total. The van der Waals surface area contributed by atoms with Crippen LogP contribution in [-0.4, -0.2) is 51.9 Å². The summed E-state index contributed by atoms with van der Waals surface area (Å²) in [5, 5.41) is 6.60. The third-order valence-corrected chi connectivity index (χ3v) is 8.61. The highest BCUT2D eigenvalue weighted by atomic mass is 32.1. The van der Waals surface area contributed by atoms with Crippen molar-refractivity contribution >= 4 is 57.4 Å². The van der Waals surface area contributed by atoms with Crippen molar-refractivity contribution < 1.29 is 19.1 Å². The standard InChI is InChI=1S/C28H30N4O4S2/c1-31(20-8-3-2-4-9-20)26(34)19-12-13-22-21(18-19)29-28(30-25(33)23-10-5-16-37-23)32(22)14-7-15-36-27(35)24-11-6-17-38-24/h5-6,10-13,16-18,20H,2-4,7-9,14-15H2,1H3,(H,29,30,33). The van der Waals surface area contributed by atoms with Crippen LogP contribution in [0, 0.1) is 0 Å². The maximum atomic E-state index is 13.3. The molecular formula is C28H30N4O4S2. The topological polar surface area (TPSA) is 93.5 Å². The number of aryl methyl sites for hydroxylation is 1. The van der Waals surface area contributed by atoms with Gasteiger partial charge in [-0.1, -0.05) is 31.4 Å². The molecule has 1 N–H and O–H groups in total. The minimum absolute atomic E-state index is 0.0157. The SMILES string of the molecule is CN(C(=O)c1ccc2c(c1)nc(NC(=O)c1cccs1)n2CCCOC(=O)c1cccs1)C1CCCCC1. The molecule has 198 valence electrons. The van der Waals surface area contributed by atoms with Gasteiger partial charge in [0, 0.05) is 25.2 Å². The lowest BCUT2D eigenvalue weighted by Gasteiger charge is -2.31. The summed E-state index contributed by atoms with van der Waals surface area (Å²) in [5.41, 5.74) is 2.01. The lowest BCUT2D eigenvalue weighted by atomic mass is 9.94. The smallest absolute Gasteiger partial charge is 0.348 e. The molecule has 0 atom stereocenters. The van der Waals surface area contributed by atoms with Crippen LogP contribution in [0.15, 0.2) is 53.2 Å². The molecule has 1 aliphatic rings. The molecule has 0 saturated heterocycles. The van der Waals surface area contributed by atoms with Gasteiger partial charge < -0.3 is 14.2 Å². The summed E-state index contributed by atoms with van der Waals surface area (Å²) >= 11 is 2.70. The molecule has 2 amide bonds. The molecule has 0 unspecified atom stereocenters. The predicted molar refractivity (Wildman–Crippen MR) is 150 cm³/mol. The molecule has 4 aromatic rings. The minimum atomic E-state index is -0.341. The van der Waals surface area contributed by atoms with E-state index >= 15 is 0 Å². The number of amides is 2. The number of thiophene rings is 2. The van der Waals surface area contributed by atoms with Crippen LogP contribution in [-0.2, 0) is 11.3 Å². The van der Waals surface area contributed by atoms with Crippen molar-refractivity contribution in [1.82, 2.24) is 14.5 Å². The van der Waals surface area contributed by atoms with Gasteiger partial charge in [0.1, 0.15) is 4.88 Å². The summed E-state index contributed by atoms with van der Waals surface area (Å²) in [6.45, 7) is 0.709. The average molecular weight is 551 g/mol. The molecule has 0 spiro atoms. The van der Waals surface area contributed by atoms with Gasteiger partial charge in [0.2, 0.25) is 5.95 Å². The van der Waals surface area contributed by atoms with Gasteiger partial charge in [-0.05, 0) is 60.4 Å². The van der Waals surface area contributed by atoms with Crippen molar-refractivity contribution in [2.24, 2.45) is 0 Å². The number of rotatable bonds is 9. The first-order valence-electron chi connectivity index (χ1n) is 12.8. The summed E-state index contributed by atoms with van der Waals surface area (Å²) in [6, 6.07) is 12.9. The Balaban J connectivity index is 1.35. The summed E-state index contributed by atoms with van der Waals surface area (Å²) in [5.74, 6) is -0.202. The monoisotopic (exact) mass is 550 g/mol. The van der Waals surface area contributed by atoms with E-state index in [-0.39, 0.29) is 30.4 Å². The lowest BCUT2D eigenvalue weighted by Crippen LogP contribution is -2.38. The van der Waals surface area contributed by atoms with E-state index in [1.165, 1.54) is 29.1 Å². The van der Waals surface area contributed by atoms with Gasteiger partial charge in [-0.3, -0.25) is 14.9 Å². The number of hydrogen-bond acceptors (Lipinski definition) is 7. The van der Waals surface area contributed by atoms with Crippen molar-refractivity contribution in [3.8, 4) is 0 Å². The number of benzene rings is 1. The van der Waals surface area contributed by atoms with Crippen LogP contribution in [0.1, 0.15) is 68.2 Å². The number of anilines is 1. The van der Waals surface area contributed by atoms with Crippen molar-refractivity contribution in [2.75, 3.05) is 19.0 Å². The number of nitrogens with one attached hydrogen (secondary N) is 1. The highest BCUT2D eigenvalue weighted by molar-refractivity contribution is 7.12. The molecule has 38 heavy (non-hydrogen) atoms. The van der Waals surface area contributed by atoms with Gasteiger partial charge in [0.25, 0.3) is 11.8 Å². The number of hydrogen-bond donors (Lipinski definition) is 1. The molecule has 1 fully saturated rings. The molecule has 0 radical (unpaired) electrons. The number of ether oxygens (including phenoxy) is 1. The average Bonchev–Trinajstić information content (AvgIpc) is 3.72. The van der Waals surface area contributed by atoms with Gasteiger partial charge in [-0.15, -0.1) is 22.7 Å². The molecule has 3 aromatic heterocycles. The van der Waals surface area contributed by atoms with E-state index in [2.05, 4.69) is 5.32 Å². The number of fused-ring (bicyclic) bond motifs is 1. The van der Waals surface area contributed by atoms with Crippen LogP contribution in [0.2, 0.25) is 0 Å². The quantitative estimate of drug-likeness (QED) is 0.202. The second kappa shape index (κ2) is 11.9. The van der Waals surface area contributed by atoms with E-state index in [1.54, 1.807) is 18.2 Å². The first-order chi connectivity index (χ1) is 18.5. The van der Waals surface area contributed by atoms with Crippen molar-refractivity contribution in [3.05, 3.63) is 68.5 Å². The Morgan fingerprint density at radius 2 is 1.79 bits per heavy atom. The zero-order valence-electron chi connectivity index (χ0n) is 21.2. The summed E-state index contributed by atoms with van der Waals surface area (Å²) in [7, 11) is 1.88. The fraction of sp³-hybridized carbons (Fsp3) is 0.357. The molecule has 0 aliphatic heterocycles. The van der Waals surface area contributed by atoms with Crippen LogP contribution in [0.3, 0.4) is 0 Å². The number of carbonyl (C=O) groups is 3. The van der Waals surface area contributed by atoms with Gasteiger partial charge in [0.05, 0.1) is 22.5 Å². The summed E-state index contributed by atoms with van der Waals surface area (Å²) in [6.07, 6.45) is 6.15. The normalized spacial score (nSPS) is 13.9. The number of imidazole rings is 1. The number of carbonyl (C=O) groups excluding carboxylic acids is 3. The number of nitrogens with zero attached hydrogens (tertiary/aromatic N) is 3. The third-order valence-electron chi connectivity index (χ3n) is 6.89. The van der Waals surface area contributed by atoms with Crippen LogP contribution >= 0.6 is 22.7 Å². The number of aromatic nitrogens is 2. The van der Waals surface area contributed by atoms with E-state index in [0.717, 1.165) is 31.2 Å². The molecule has 1 saturated carbocycles. The fourth-order valence-corrected chi connectivity index (χ4v) is 6.08. The summed E-state index contributed by atoms with van der Waals surface area (Å²) in [4.78, 5) is 45.9. The van der Waals surface area contributed by atoms with E-state index in [1.807, 2.05) is 51.5 Å². The Morgan fingerprint density at radius 3 is 2.50 bits per heavy atom. The van der Waals surface area contributed by atoms with E-state index < -0.39 is 0 Å². The highest BCUT2D eigenvalue weighted by Crippen LogP contribution is 2.26. The van der Waals surface area contributed by atoms with Gasteiger partial charge in [-0.25, -0.2) is 9.78 Å². The van der Waals surface area contributed by atoms with Crippen molar-refractivity contribution in [2.45, 2.75) is 51.1 Å². The Bertz CT molecular complexity index is 1410. The molecular weight excluding hydrogens is 520 g/mol. The summed E-state index contributed by atoms with van der Waals surface area (Å²) < 4.78 is 7.31. The minimum Gasteiger partial charge on any atom is -0.461 e. The molecule has 1 aliphatic carbocycles. The molecule has 5 rings (SSSR count). The Kier molecular flexibility index (Phi) is 8.19. The Hall–Kier alpha value is -3.50. The molecule has 0 bridgehead atoms. The number of esters is 1. The molecule has 3 heterocycles. The first kappa shape index (κ1) is 26.1. The van der Waals surface area contributed by atoms with Gasteiger partial charge in [0.15, 0.2) is 0 Å². The maximum absolute atomic E-state index is 13.3. The Labute approximate surface area is 229 Å². The predicted octanol–water partition coefficient (Wildman–Crippen LogP) is 6.06. The van der Waals surface area contributed by atoms with Crippen LogP contribution in [0.4, 0.5) is 5.95 Å². The van der Waals surface area contributed by atoms with Crippen molar-refractivity contribution in [1.29, 1.82) is 0 Å². The zero-order chi connectivity index (χ0) is 26.5. The van der Waals surface area contributed by atoms with Crippen LogP contribution in [0.25, 0.3) is 11.0 Å². The Morgan fingerprint density at radius 1 is 1.05 bits per heavy atom.